The van der Waals surface area contributed by atoms with Crippen molar-refractivity contribution in [2.45, 2.75) is 6.42 Å². The maximum absolute atomic E-state index is 5.62. The standard InChI is InChI=1S/C9H9ClS/c10-6-5-8-3-1-2-4-9(8)7-11/h1-4,7H,5-6H2. The monoisotopic (exact) mass is 184 g/mol. The Morgan fingerprint density at radius 1 is 1.36 bits per heavy atom. The van der Waals surface area contributed by atoms with Crippen molar-refractivity contribution in [1.82, 2.24) is 0 Å². The number of hydrogen-bond acceptors (Lipinski definition) is 1. The van der Waals surface area contributed by atoms with E-state index in [0.717, 1.165) is 12.0 Å². The van der Waals surface area contributed by atoms with Gasteiger partial charge in [-0.1, -0.05) is 36.5 Å². The third-order valence-corrected chi connectivity index (χ3v) is 1.99. The summed E-state index contributed by atoms with van der Waals surface area (Å²) in [5.41, 5.74) is 2.35. The fourth-order valence-electron chi connectivity index (χ4n) is 0.979. The van der Waals surface area contributed by atoms with Crippen molar-refractivity contribution < 1.29 is 0 Å². The van der Waals surface area contributed by atoms with E-state index in [0.29, 0.717) is 5.88 Å². The summed E-state index contributed by atoms with van der Waals surface area (Å²) in [4.78, 5) is 0. The van der Waals surface area contributed by atoms with Gasteiger partial charge in [0.2, 0.25) is 0 Å². The first-order valence-corrected chi connectivity index (χ1v) is 4.48. The Kier molecular flexibility index (Phi) is 3.53. The molecule has 0 aliphatic rings. The Morgan fingerprint density at radius 2 is 2.09 bits per heavy atom. The molecule has 0 aliphatic carbocycles. The van der Waals surface area contributed by atoms with E-state index in [2.05, 4.69) is 6.07 Å². The normalized spacial score (nSPS) is 9.55. The van der Waals surface area contributed by atoms with E-state index >= 15 is 0 Å². The van der Waals surface area contributed by atoms with Gasteiger partial charge in [0.05, 0.1) is 0 Å². The van der Waals surface area contributed by atoms with Crippen LogP contribution in [0.3, 0.4) is 0 Å². The highest BCUT2D eigenvalue weighted by molar-refractivity contribution is 7.79. The molecule has 0 bridgehead atoms. The predicted molar refractivity (Wildman–Crippen MR) is 53.6 cm³/mol. The van der Waals surface area contributed by atoms with E-state index in [1.54, 1.807) is 5.37 Å². The molecule has 0 atom stereocenters. The van der Waals surface area contributed by atoms with Crippen LogP contribution >= 0.6 is 23.8 Å². The molecule has 0 N–H and O–H groups in total. The number of benzene rings is 1. The number of alkyl halides is 1. The van der Waals surface area contributed by atoms with Gasteiger partial charge in [-0.3, -0.25) is 0 Å². The van der Waals surface area contributed by atoms with Crippen molar-refractivity contribution in [1.29, 1.82) is 0 Å². The van der Waals surface area contributed by atoms with Gasteiger partial charge < -0.3 is 0 Å². The van der Waals surface area contributed by atoms with Crippen molar-refractivity contribution in [3.05, 3.63) is 35.4 Å². The van der Waals surface area contributed by atoms with Crippen LogP contribution in [0.15, 0.2) is 24.3 Å². The predicted octanol–water partition coefficient (Wildman–Crippen LogP) is 2.82. The number of rotatable bonds is 3. The first-order valence-electron chi connectivity index (χ1n) is 3.47. The number of hydrogen-bond donors (Lipinski definition) is 0. The molecular formula is C9H9ClS. The SMILES string of the molecule is S=Cc1ccccc1CCCl. The topological polar surface area (TPSA) is 0 Å². The quantitative estimate of drug-likeness (QED) is 0.514. The molecule has 0 spiro atoms. The maximum atomic E-state index is 5.62. The second-order valence-electron chi connectivity index (χ2n) is 2.26. The lowest BCUT2D eigenvalue weighted by atomic mass is 10.1. The zero-order chi connectivity index (χ0) is 8.10. The minimum absolute atomic E-state index is 0.653. The Hall–Kier alpha value is -0.400. The van der Waals surface area contributed by atoms with Gasteiger partial charge in [-0.05, 0) is 17.5 Å². The van der Waals surface area contributed by atoms with Crippen LogP contribution in [-0.2, 0) is 6.42 Å². The molecule has 0 saturated carbocycles. The highest BCUT2D eigenvalue weighted by Crippen LogP contribution is 2.07. The van der Waals surface area contributed by atoms with Gasteiger partial charge in [-0.25, -0.2) is 0 Å². The maximum Gasteiger partial charge on any atom is 0.0264 e. The summed E-state index contributed by atoms with van der Waals surface area (Å²) < 4.78 is 0. The lowest BCUT2D eigenvalue weighted by Crippen LogP contribution is -1.91. The second kappa shape index (κ2) is 4.47. The molecule has 58 valence electrons. The molecule has 0 aliphatic heterocycles. The molecule has 0 fully saturated rings. The third kappa shape index (κ3) is 2.28. The number of halogens is 1. The van der Waals surface area contributed by atoms with E-state index in [1.165, 1.54) is 5.56 Å². The number of thiocarbonyl (C=S) groups is 1. The molecule has 1 rings (SSSR count). The smallest absolute Gasteiger partial charge is 0.0264 e. The minimum atomic E-state index is 0.653. The molecular weight excluding hydrogens is 176 g/mol. The molecule has 2 heteroatoms. The van der Waals surface area contributed by atoms with Crippen molar-refractivity contribution in [3.63, 3.8) is 0 Å². The Bertz CT molecular complexity index is 245. The Labute approximate surface area is 77.2 Å². The van der Waals surface area contributed by atoms with Gasteiger partial charge in [-0.2, -0.15) is 0 Å². The Morgan fingerprint density at radius 3 is 2.73 bits per heavy atom. The van der Waals surface area contributed by atoms with Crippen LogP contribution in [0.2, 0.25) is 0 Å². The van der Waals surface area contributed by atoms with E-state index in [1.807, 2.05) is 18.2 Å². The van der Waals surface area contributed by atoms with Crippen LogP contribution < -0.4 is 0 Å². The summed E-state index contributed by atoms with van der Waals surface area (Å²) in [6.07, 6.45) is 0.894. The van der Waals surface area contributed by atoms with Crippen molar-refractivity contribution in [2.75, 3.05) is 5.88 Å². The number of aryl methyl sites for hydroxylation is 1. The molecule has 0 heterocycles. The van der Waals surface area contributed by atoms with E-state index in [4.69, 9.17) is 23.8 Å². The van der Waals surface area contributed by atoms with Gasteiger partial charge in [0, 0.05) is 11.2 Å². The van der Waals surface area contributed by atoms with Crippen LogP contribution in [0.5, 0.6) is 0 Å². The van der Waals surface area contributed by atoms with Gasteiger partial charge in [0.25, 0.3) is 0 Å². The van der Waals surface area contributed by atoms with Crippen LogP contribution in [-0.4, -0.2) is 11.2 Å². The summed E-state index contributed by atoms with van der Waals surface area (Å²) in [7, 11) is 0. The largest absolute Gasteiger partial charge is 0.126 e. The molecule has 0 radical (unpaired) electrons. The molecule has 0 saturated heterocycles. The average molecular weight is 185 g/mol. The summed E-state index contributed by atoms with van der Waals surface area (Å²) in [6, 6.07) is 8.05. The fourth-order valence-corrected chi connectivity index (χ4v) is 1.41. The molecule has 1 aromatic rings. The highest BCUT2D eigenvalue weighted by Gasteiger charge is 1.95. The summed E-state index contributed by atoms with van der Waals surface area (Å²) in [5.74, 6) is 0.653. The Balaban J connectivity index is 2.92. The molecule has 0 unspecified atom stereocenters. The first-order chi connectivity index (χ1) is 5.38. The van der Waals surface area contributed by atoms with Crippen LogP contribution in [0.1, 0.15) is 11.1 Å². The van der Waals surface area contributed by atoms with Gasteiger partial charge in [-0.15, -0.1) is 11.6 Å². The third-order valence-electron chi connectivity index (χ3n) is 1.55. The second-order valence-corrected chi connectivity index (χ2v) is 2.87. The van der Waals surface area contributed by atoms with Gasteiger partial charge in [0.1, 0.15) is 0 Å². The summed E-state index contributed by atoms with van der Waals surface area (Å²) >= 11 is 10.5. The van der Waals surface area contributed by atoms with E-state index in [9.17, 15) is 0 Å². The zero-order valence-corrected chi connectivity index (χ0v) is 7.66. The fraction of sp³-hybridized carbons (Fsp3) is 0.222. The molecule has 1 aromatic carbocycles. The van der Waals surface area contributed by atoms with Gasteiger partial charge in [0.15, 0.2) is 0 Å². The zero-order valence-electron chi connectivity index (χ0n) is 6.09. The average Bonchev–Trinajstić information content (AvgIpc) is 2.06. The molecule has 0 aromatic heterocycles. The molecule has 0 amide bonds. The lowest BCUT2D eigenvalue weighted by Gasteiger charge is -2.00. The van der Waals surface area contributed by atoms with Crippen LogP contribution in [0.4, 0.5) is 0 Å². The van der Waals surface area contributed by atoms with E-state index in [-0.39, 0.29) is 0 Å². The molecule has 11 heavy (non-hydrogen) atoms. The first kappa shape index (κ1) is 8.69. The highest BCUT2D eigenvalue weighted by atomic mass is 35.5. The van der Waals surface area contributed by atoms with Gasteiger partial charge >= 0.3 is 0 Å². The lowest BCUT2D eigenvalue weighted by molar-refractivity contribution is 1.15. The minimum Gasteiger partial charge on any atom is -0.126 e. The molecule has 0 nitrogen and oxygen atoms in total. The summed E-state index contributed by atoms with van der Waals surface area (Å²) in [5, 5.41) is 1.70. The van der Waals surface area contributed by atoms with Crippen molar-refractivity contribution in [3.8, 4) is 0 Å². The van der Waals surface area contributed by atoms with Crippen molar-refractivity contribution >= 4 is 29.2 Å². The summed E-state index contributed by atoms with van der Waals surface area (Å²) in [6.45, 7) is 0. The van der Waals surface area contributed by atoms with E-state index < -0.39 is 0 Å². The van der Waals surface area contributed by atoms with Crippen LogP contribution in [0.25, 0.3) is 0 Å². The van der Waals surface area contributed by atoms with Crippen LogP contribution in [0, 0.1) is 0 Å². The van der Waals surface area contributed by atoms with Crippen molar-refractivity contribution in [2.24, 2.45) is 0 Å².